The van der Waals surface area contributed by atoms with Crippen molar-refractivity contribution in [3.8, 4) is 0 Å². The SMILES string of the molecule is Clc1ccc2c(c1C=Cc1cccs1)CCNCC2. The lowest BCUT2D eigenvalue weighted by Crippen LogP contribution is -2.16. The smallest absolute Gasteiger partial charge is 0.0481 e. The van der Waals surface area contributed by atoms with Crippen LogP contribution in [0.5, 0.6) is 0 Å². The van der Waals surface area contributed by atoms with E-state index in [2.05, 4.69) is 41.0 Å². The van der Waals surface area contributed by atoms with Crippen LogP contribution in [0.2, 0.25) is 5.02 Å². The maximum absolute atomic E-state index is 6.39. The summed E-state index contributed by atoms with van der Waals surface area (Å²) in [6, 6.07) is 8.40. The summed E-state index contributed by atoms with van der Waals surface area (Å²) < 4.78 is 0. The van der Waals surface area contributed by atoms with Crippen molar-refractivity contribution in [3.63, 3.8) is 0 Å². The summed E-state index contributed by atoms with van der Waals surface area (Å²) in [4.78, 5) is 1.26. The minimum Gasteiger partial charge on any atom is -0.316 e. The number of hydrogen-bond acceptors (Lipinski definition) is 2. The molecule has 3 heteroatoms. The highest BCUT2D eigenvalue weighted by atomic mass is 35.5. The van der Waals surface area contributed by atoms with E-state index in [1.54, 1.807) is 11.3 Å². The van der Waals surface area contributed by atoms with Gasteiger partial charge in [0.25, 0.3) is 0 Å². The number of halogens is 1. The second kappa shape index (κ2) is 5.91. The van der Waals surface area contributed by atoms with Crippen LogP contribution in [0, 0.1) is 0 Å². The quantitative estimate of drug-likeness (QED) is 0.871. The molecule has 3 rings (SSSR count). The lowest BCUT2D eigenvalue weighted by atomic mass is 9.96. The molecule has 1 N–H and O–H groups in total. The van der Waals surface area contributed by atoms with Gasteiger partial charge < -0.3 is 5.32 Å². The van der Waals surface area contributed by atoms with E-state index in [1.165, 1.54) is 21.6 Å². The van der Waals surface area contributed by atoms with Gasteiger partial charge in [0.05, 0.1) is 0 Å². The normalized spacial score (nSPS) is 15.4. The minimum absolute atomic E-state index is 0.855. The van der Waals surface area contributed by atoms with Crippen molar-refractivity contribution in [3.05, 3.63) is 56.2 Å². The average Bonchev–Trinajstić information content (AvgIpc) is 2.82. The van der Waals surface area contributed by atoms with Crippen LogP contribution >= 0.6 is 22.9 Å². The summed E-state index contributed by atoms with van der Waals surface area (Å²) in [5, 5.41) is 6.39. The van der Waals surface area contributed by atoms with Gasteiger partial charge in [0.1, 0.15) is 0 Å². The van der Waals surface area contributed by atoms with Crippen molar-refractivity contribution in [2.24, 2.45) is 0 Å². The molecule has 1 aliphatic heterocycles. The molecular formula is C16H16ClNS. The topological polar surface area (TPSA) is 12.0 Å². The maximum atomic E-state index is 6.39. The third-order valence-electron chi connectivity index (χ3n) is 3.48. The average molecular weight is 290 g/mol. The zero-order valence-electron chi connectivity index (χ0n) is 10.7. The number of fused-ring (bicyclic) bond motifs is 1. The first-order chi connectivity index (χ1) is 9.34. The first kappa shape index (κ1) is 12.9. The molecule has 0 saturated carbocycles. The number of rotatable bonds is 2. The van der Waals surface area contributed by atoms with Gasteiger partial charge in [-0.15, -0.1) is 11.3 Å². The molecular weight excluding hydrogens is 274 g/mol. The summed E-state index contributed by atoms with van der Waals surface area (Å²) in [5.41, 5.74) is 4.03. The van der Waals surface area contributed by atoms with Crippen molar-refractivity contribution in [1.29, 1.82) is 0 Å². The zero-order chi connectivity index (χ0) is 13.1. The fourth-order valence-corrected chi connectivity index (χ4v) is 3.36. The van der Waals surface area contributed by atoms with Crippen molar-refractivity contribution >= 4 is 35.1 Å². The Bertz CT molecular complexity index is 587. The van der Waals surface area contributed by atoms with Gasteiger partial charge in [0.2, 0.25) is 0 Å². The summed E-state index contributed by atoms with van der Waals surface area (Å²) in [6.07, 6.45) is 6.47. The Morgan fingerprint density at radius 1 is 1.11 bits per heavy atom. The molecule has 0 unspecified atom stereocenters. The van der Waals surface area contributed by atoms with Gasteiger partial charge in [-0.3, -0.25) is 0 Å². The van der Waals surface area contributed by atoms with E-state index in [1.807, 2.05) is 6.07 Å². The highest BCUT2D eigenvalue weighted by molar-refractivity contribution is 7.10. The molecule has 1 nitrogen and oxygen atoms in total. The van der Waals surface area contributed by atoms with Gasteiger partial charge >= 0.3 is 0 Å². The fraction of sp³-hybridized carbons (Fsp3) is 0.250. The van der Waals surface area contributed by atoms with Gasteiger partial charge in [-0.2, -0.15) is 0 Å². The Morgan fingerprint density at radius 3 is 2.84 bits per heavy atom. The predicted molar refractivity (Wildman–Crippen MR) is 85.0 cm³/mol. The van der Waals surface area contributed by atoms with Crippen LogP contribution in [0.25, 0.3) is 12.2 Å². The first-order valence-corrected chi connectivity index (χ1v) is 7.83. The lowest BCUT2D eigenvalue weighted by molar-refractivity contribution is 0.711. The molecule has 0 amide bonds. The van der Waals surface area contributed by atoms with Crippen molar-refractivity contribution < 1.29 is 0 Å². The van der Waals surface area contributed by atoms with Crippen LogP contribution < -0.4 is 5.32 Å². The van der Waals surface area contributed by atoms with Gasteiger partial charge in [-0.1, -0.05) is 29.8 Å². The summed E-state index contributed by atoms with van der Waals surface area (Å²) in [5.74, 6) is 0. The van der Waals surface area contributed by atoms with Gasteiger partial charge in [-0.25, -0.2) is 0 Å². The Balaban J connectivity index is 2.00. The molecule has 0 bridgehead atoms. The second-order valence-electron chi connectivity index (χ2n) is 4.70. The van der Waals surface area contributed by atoms with Gasteiger partial charge in [0, 0.05) is 9.90 Å². The lowest BCUT2D eigenvalue weighted by Gasteiger charge is -2.11. The van der Waals surface area contributed by atoms with Crippen LogP contribution in [-0.2, 0) is 12.8 Å². The molecule has 0 spiro atoms. The van der Waals surface area contributed by atoms with E-state index < -0.39 is 0 Å². The number of benzene rings is 1. The van der Waals surface area contributed by atoms with E-state index in [-0.39, 0.29) is 0 Å². The summed E-state index contributed by atoms with van der Waals surface area (Å²) in [7, 11) is 0. The highest BCUT2D eigenvalue weighted by Crippen LogP contribution is 2.28. The largest absolute Gasteiger partial charge is 0.316 e. The second-order valence-corrected chi connectivity index (χ2v) is 6.08. The Hall–Kier alpha value is -1.09. The Morgan fingerprint density at radius 2 is 2.00 bits per heavy atom. The molecule has 1 aromatic heterocycles. The van der Waals surface area contributed by atoms with Gasteiger partial charge in [-0.05, 0) is 66.2 Å². The number of hydrogen-bond donors (Lipinski definition) is 1. The fourth-order valence-electron chi connectivity index (χ4n) is 2.50. The molecule has 2 aromatic rings. The van der Waals surface area contributed by atoms with Crippen LogP contribution in [0.15, 0.2) is 29.6 Å². The van der Waals surface area contributed by atoms with E-state index in [0.29, 0.717) is 0 Å². The number of thiophene rings is 1. The van der Waals surface area contributed by atoms with Crippen LogP contribution in [0.4, 0.5) is 0 Å². The third-order valence-corrected chi connectivity index (χ3v) is 4.65. The first-order valence-electron chi connectivity index (χ1n) is 6.57. The molecule has 0 radical (unpaired) electrons. The van der Waals surface area contributed by atoms with Gasteiger partial charge in [0.15, 0.2) is 0 Å². The van der Waals surface area contributed by atoms with E-state index >= 15 is 0 Å². The molecule has 0 atom stereocenters. The van der Waals surface area contributed by atoms with Crippen molar-refractivity contribution in [2.45, 2.75) is 12.8 Å². The van der Waals surface area contributed by atoms with Crippen LogP contribution in [0.1, 0.15) is 21.6 Å². The monoisotopic (exact) mass is 289 g/mol. The molecule has 98 valence electrons. The molecule has 2 heterocycles. The predicted octanol–water partition coefficient (Wildman–Crippen LogP) is 4.26. The Kier molecular flexibility index (Phi) is 4.02. The molecule has 0 aliphatic carbocycles. The molecule has 1 aliphatic rings. The van der Waals surface area contributed by atoms with Crippen molar-refractivity contribution in [1.82, 2.24) is 5.32 Å². The molecule has 0 fully saturated rings. The summed E-state index contributed by atoms with van der Waals surface area (Å²) >= 11 is 8.13. The van der Waals surface area contributed by atoms with E-state index in [9.17, 15) is 0 Å². The number of nitrogens with one attached hydrogen (secondary N) is 1. The summed E-state index contributed by atoms with van der Waals surface area (Å²) in [6.45, 7) is 2.09. The van der Waals surface area contributed by atoms with Crippen LogP contribution in [0.3, 0.4) is 0 Å². The molecule has 0 saturated heterocycles. The van der Waals surface area contributed by atoms with E-state index in [0.717, 1.165) is 31.0 Å². The Labute approximate surface area is 122 Å². The highest BCUT2D eigenvalue weighted by Gasteiger charge is 2.12. The van der Waals surface area contributed by atoms with E-state index in [4.69, 9.17) is 11.6 Å². The van der Waals surface area contributed by atoms with Crippen molar-refractivity contribution in [2.75, 3.05) is 13.1 Å². The third kappa shape index (κ3) is 2.92. The van der Waals surface area contributed by atoms with Crippen LogP contribution in [-0.4, -0.2) is 13.1 Å². The molecule has 1 aromatic carbocycles. The standard InChI is InChI=1S/C16H16ClNS/c17-16-6-3-12-7-9-18-10-8-14(12)15(16)5-4-13-2-1-11-19-13/h1-6,11,18H,7-10H2. The minimum atomic E-state index is 0.855. The molecule has 19 heavy (non-hydrogen) atoms. The zero-order valence-corrected chi connectivity index (χ0v) is 12.2. The maximum Gasteiger partial charge on any atom is 0.0481 e.